The highest BCUT2D eigenvalue weighted by Gasteiger charge is 2.31. The van der Waals surface area contributed by atoms with E-state index in [4.69, 9.17) is 0 Å². The molecule has 1 aliphatic rings. The molecule has 3 rings (SSSR count). The Morgan fingerprint density at radius 2 is 2.17 bits per heavy atom. The number of aromatic nitrogens is 1. The van der Waals surface area contributed by atoms with Gasteiger partial charge in [0.05, 0.1) is 11.8 Å². The fraction of sp³-hybridized carbons (Fsp3) is 0.444. The maximum absolute atomic E-state index is 12.9. The molecule has 0 spiro atoms. The van der Waals surface area contributed by atoms with Gasteiger partial charge in [0.25, 0.3) is 5.91 Å². The van der Waals surface area contributed by atoms with Gasteiger partial charge in [0.15, 0.2) is 0 Å². The summed E-state index contributed by atoms with van der Waals surface area (Å²) in [6.45, 7) is 6.85. The Kier molecular flexibility index (Phi) is 4.23. The van der Waals surface area contributed by atoms with Crippen LogP contribution in [0.4, 0.5) is 10.2 Å². The van der Waals surface area contributed by atoms with E-state index >= 15 is 0 Å². The summed E-state index contributed by atoms with van der Waals surface area (Å²) in [6, 6.07) is 2.77. The standard InChI is InChI=1S/C18H21FN2OS/c1-18(2,3)11-4-6-13-14(10-23-15(13)8-11)17(22)21-16-7-5-12(19)9-20-16/h5,7,9-11H,4,6,8H2,1-3H3,(H,20,21,22). The minimum atomic E-state index is -0.413. The van der Waals surface area contributed by atoms with Gasteiger partial charge in [-0.3, -0.25) is 4.79 Å². The van der Waals surface area contributed by atoms with Gasteiger partial charge in [-0.2, -0.15) is 0 Å². The molecule has 1 aliphatic carbocycles. The van der Waals surface area contributed by atoms with Crippen LogP contribution in [0.25, 0.3) is 0 Å². The number of nitrogens with one attached hydrogen (secondary N) is 1. The van der Waals surface area contributed by atoms with Gasteiger partial charge in [-0.25, -0.2) is 9.37 Å². The number of nitrogens with zero attached hydrogens (tertiary/aromatic N) is 1. The number of carbonyl (C=O) groups is 1. The van der Waals surface area contributed by atoms with Crippen molar-refractivity contribution < 1.29 is 9.18 Å². The second-order valence-corrected chi connectivity index (χ2v) is 8.14. The second-order valence-electron chi connectivity index (χ2n) is 7.17. The number of fused-ring (bicyclic) bond motifs is 1. The van der Waals surface area contributed by atoms with Gasteiger partial charge in [0.1, 0.15) is 11.6 Å². The molecule has 2 aromatic heterocycles. The quantitative estimate of drug-likeness (QED) is 0.867. The molecule has 3 nitrogen and oxygen atoms in total. The van der Waals surface area contributed by atoms with E-state index < -0.39 is 5.82 Å². The van der Waals surface area contributed by atoms with Crippen LogP contribution in [0.2, 0.25) is 0 Å². The molecule has 0 saturated carbocycles. The van der Waals surface area contributed by atoms with E-state index in [2.05, 4.69) is 31.1 Å². The fourth-order valence-electron chi connectivity index (χ4n) is 3.08. The number of hydrogen-bond acceptors (Lipinski definition) is 3. The molecule has 0 radical (unpaired) electrons. The smallest absolute Gasteiger partial charge is 0.257 e. The normalized spacial score (nSPS) is 17.7. The van der Waals surface area contributed by atoms with Crippen LogP contribution in [0.1, 0.15) is 48.0 Å². The Bertz CT molecular complexity index is 716. The summed E-state index contributed by atoms with van der Waals surface area (Å²) in [6.07, 6.45) is 4.21. The molecule has 5 heteroatoms. The second kappa shape index (κ2) is 6.04. The van der Waals surface area contributed by atoms with Crippen molar-refractivity contribution in [2.75, 3.05) is 5.32 Å². The van der Waals surface area contributed by atoms with Crippen LogP contribution in [0.15, 0.2) is 23.7 Å². The van der Waals surface area contributed by atoms with Crippen LogP contribution < -0.4 is 5.32 Å². The number of amides is 1. The summed E-state index contributed by atoms with van der Waals surface area (Å²) in [4.78, 5) is 17.7. The van der Waals surface area contributed by atoms with Crippen LogP contribution in [0, 0.1) is 17.2 Å². The summed E-state index contributed by atoms with van der Waals surface area (Å²) in [7, 11) is 0. The summed E-state index contributed by atoms with van der Waals surface area (Å²) < 4.78 is 12.9. The van der Waals surface area contributed by atoms with E-state index in [0.29, 0.717) is 17.2 Å². The Morgan fingerprint density at radius 1 is 1.39 bits per heavy atom. The van der Waals surface area contributed by atoms with E-state index in [1.165, 1.54) is 22.6 Å². The maximum atomic E-state index is 12.9. The predicted molar refractivity (Wildman–Crippen MR) is 91.4 cm³/mol. The number of hydrogen-bond donors (Lipinski definition) is 1. The number of thiophene rings is 1. The number of anilines is 1. The molecular formula is C18H21FN2OS. The Balaban J connectivity index is 1.76. The van der Waals surface area contributed by atoms with Crippen LogP contribution >= 0.6 is 11.3 Å². The highest BCUT2D eigenvalue weighted by molar-refractivity contribution is 7.10. The zero-order valence-corrected chi connectivity index (χ0v) is 14.5. The van der Waals surface area contributed by atoms with Crippen molar-refractivity contribution in [2.24, 2.45) is 11.3 Å². The third-order valence-corrected chi connectivity index (χ3v) is 5.64. The summed E-state index contributed by atoms with van der Waals surface area (Å²) in [5.41, 5.74) is 2.21. The molecule has 1 atom stereocenters. The van der Waals surface area contributed by atoms with Crippen molar-refractivity contribution in [3.63, 3.8) is 0 Å². The fourth-order valence-corrected chi connectivity index (χ4v) is 4.24. The lowest BCUT2D eigenvalue weighted by atomic mass is 9.72. The van der Waals surface area contributed by atoms with Crippen molar-refractivity contribution in [1.29, 1.82) is 0 Å². The number of halogens is 1. The first kappa shape index (κ1) is 16.1. The Labute approximate surface area is 140 Å². The number of carbonyl (C=O) groups excluding carboxylic acids is 1. The Hall–Kier alpha value is -1.75. The molecular weight excluding hydrogens is 311 g/mol. The molecule has 122 valence electrons. The molecule has 2 heterocycles. The Morgan fingerprint density at radius 3 is 2.83 bits per heavy atom. The van der Waals surface area contributed by atoms with Crippen LogP contribution in [0.3, 0.4) is 0 Å². The van der Waals surface area contributed by atoms with Crippen molar-refractivity contribution >= 4 is 23.1 Å². The molecule has 1 unspecified atom stereocenters. The summed E-state index contributed by atoms with van der Waals surface area (Å²) in [5, 5.41) is 4.69. The van der Waals surface area contributed by atoms with Crippen LogP contribution in [-0.4, -0.2) is 10.9 Å². The molecule has 0 fully saturated rings. The molecule has 1 amide bonds. The van der Waals surface area contributed by atoms with E-state index in [9.17, 15) is 9.18 Å². The molecule has 0 saturated heterocycles. The maximum Gasteiger partial charge on any atom is 0.257 e. The predicted octanol–water partition coefficient (Wildman–Crippen LogP) is 4.69. The van der Waals surface area contributed by atoms with Gasteiger partial charge in [-0.05, 0) is 48.3 Å². The number of pyridine rings is 1. The topological polar surface area (TPSA) is 42.0 Å². The lowest BCUT2D eigenvalue weighted by molar-refractivity contribution is 0.102. The van der Waals surface area contributed by atoms with Gasteiger partial charge in [-0.1, -0.05) is 20.8 Å². The third-order valence-electron chi connectivity index (χ3n) is 4.59. The molecule has 23 heavy (non-hydrogen) atoms. The SMILES string of the molecule is CC(C)(C)C1CCc2c(C(=O)Nc3ccc(F)cn3)csc2C1. The largest absolute Gasteiger partial charge is 0.307 e. The first-order valence-corrected chi connectivity index (χ1v) is 8.74. The average Bonchev–Trinajstić information content (AvgIpc) is 2.92. The zero-order chi connectivity index (χ0) is 16.6. The first-order valence-electron chi connectivity index (χ1n) is 7.87. The van der Waals surface area contributed by atoms with E-state index in [-0.39, 0.29) is 5.91 Å². The van der Waals surface area contributed by atoms with Crippen LogP contribution in [0.5, 0.6) is 0 Å². The van der Waals surface area contributed by atoms with Gasteiger partial charge < -0.3 is 5.32 Å². The van der Waals surface area contributed by atoms with Gasteiger partial charge in [-0.15, -0.1) is 11.3 Å². The van der Waals surface area contributed by atoms with E-state index in [0.717, 1.165) is 31.0 Å². The van der Waals surface area contributed by atoms with Gasteiger partial charge in [0.2, 0.25) is 0 Å². The molecule has 2 aromatic rings. The van der Waals surface area contributed by atoms with Crippen molar-refractivity contribution in [3.05, 3.63) is 45.5 Å². The minimum absolute atomic E-state index is 0.157. The van der Waals surface area contributed by atoms with Crippen LogP contribution in [-0.2, 0) is 12.8 Å². The lowest BCUT2D eigenvalue weighted by Crippen LogP contribution is -2.27. The monoisotopic (exact) mass is 332 g/mol. The zero-order valence-electron chi connectivity index (χ0n) is 13.6. The molecule has 1 N–H and O–H groups in total. The third kappa shape index (κ3) is 3.44. The lowest BCUT2D eigenvalue weighted by Gasteiger charge is -2.34. The number of rotatable bonds is 2. The van der Waals surface area contributed by atoms with Gasteiger partial charge >= 0.3 is 0 Å². The summed E-state index contributed by atoms with van der Waals surface area (Å²) >= 11 is 1.67. The van der Waals surface area contributed by atoms with Crippen molar-refractivity contribution in [3.8, 4) is 0 Å². The van der Waals surface area contributed by atoms with Crippen molar-refractivity contribution in [1.82, 2.24) is 4.98 Å². The summed E-state index contributed by atoms with van der Waals surface area (Å²) in [5.74, 6) is 0.461. The minimum Gasteiger partial charge on any atom is -0.307 e. The average molecular weight is 332 g/mol. The molecule has 0 aliphatic heterocycles. The van der Waals surface area contributed by atoms with E-state index in [1.807, 2.05) is 5.38 Å². The highest BCUT2D eigenvalue weighted by Crippen LogP contribution is 2.40. The van der Waals surface area contributed by atoms with Crippen molar-refractivity contribution in [2.45, 2.75) is 40.0 Å². The first-order chi connectivity index (χ1) is 10.8. The highest BCUT2D eigenvalue weighted by atomic mass is 32.1. The van der Waals surface area contributed by atoms with Gasteiger partial charge in [0, 0.05) is 10.3 Å². The van der Waals surface area contributed by atoms with E-state index in [1.54, 1.807) is 11.3 Å². The molecule has 0 aromatic carbocycles. The molecule has 0 bridgehead atoms.